The largest absolute Gasteiger partial charge is 0.508 e. The van der Waals surface area contributed by atoms with Crippen LogP contribution in [-0.4, -0.2) is 27.6 Å². The Bertz CT molecular complexity index is 381. The van der Waals surface area contributed by atoms with Crippen molar-refractivity contribution in [1.82, 2.24) is 0 Å². The molecule has 0 bridgehead atoms. The lowest BCUT2D eigenvalue weighted by Gasteiger charge is -2.22. The van der Waals surface area contributed by atoms with Crippen molar-refractivity contribution in [3.8, 4) is 11.5 Å². The molecule has 1 aromatic carbocycles. The summed E-state index contributed by atoms with van der Waals surface area (Å²) in [6.07, 6.45) is -7.65. The minimum atomic E-state index is -4.87. The summed E-state index contributed by atoms with van der Waals surface area (Å²) in [6.45, 7) is 0. The third-order valence-corrected chi connectivity index (χ3v) is 2.05. The number of alkyl halides is 3. The zero-order chi connectivity index (χ0) is 12.5. The van der Waals surface area contributed by atoms with Gasteiger partial charge in [0.2, 0.25) is 0 Å². The summed E-state index contributed by atoms with van der Waals surface area (Å²) in [5, 5.41) is 27.1. The second kappa shape index (κ2) is 4.18. The molecule has 90 valence electrons. The lowest BCUT2D eigenvalue weighted by atomic mass is 10.0. The minimum absolute atomic E-state index is 0.289. The van der Waals surface area contributed by atoms with Crippen LogP contribution in [0.5, 0.6) is 11.5 Å². The van der Waals surface area contributed by atoms with Gasteiger partial charge in [-0.05, 0) is 12.1 Å². The molecule has 0 amide bonds. The van der Waals surface area contributed by atoms with E-state index in [4.69, 9.17) is 15.9 Å². The van der Waals surface area contributed by atoms with E-state index in [0.29, 0.717) is 0 Å². The number of hydrogen-bond donors (Lipinski definition) is 4. The molecule has 16 heavy (non-hydrogen) atoms. The number of halogens is 3. The molecule has 5 N–H and O–H groups in total. The molecule has 0 unspecified atom stereocenters. The van der Waals surface area contributed by atoms with Crippen LogP contribution in [0.4, 0.5) is 13.2 Å². The van der Waals surface area contributed by atoms with Gasteiger partial charge in [0.25, 0.3) is 0 Å². The zero-order valence-corrected chi connectivity index (χ0v) is 7.94. The first kappa shape index (κ1) is 12.6. The first-order valence-electron chi connectivity index (χ1n) is 4.25. The third-order valence-electron chi connectivity index (χ3n) is 2.05. The Hall–Kier alpha value is -1.47. The lowest BCUT2D eigenvalue weighted by Crippen LogP contribution is -2.38. The topological polar surface area (TPSA) is 86.7 Å². The van der Waals surface area contributed by atoms with E-state index in [9.17, 15) is 18.3 Å². The van der Waals surface area contributed by atoms with Gasteiger partial charge in [-0.15, -0.1) is 0 Å². The van der Waals surface area contributed by atoms with Crippen molar-refractivity contribution in [3.63, 3.8) is 0 Å². The molecule has 0 aliphatic heterocycles. The van der Waals surface area contributed by atoms with Crippen LogP contribution < -0.4 is 5.73 Å². The summed E-state index contributed by atoms with van der Waals surface area (Å²) < 4.78 is 36.4. The molecule has 0 saturated heterocycles. The van der Waals surface area contributed by atoms with Crippen LogP contribution >= 0.6 is 0 Å². The van der Waals surface area contributed by atoms with E-state index < -0.39 is 24.1 Å². The van der Waals surface area contributed by atoms with Crippen LogP contribution in [0.15, 0.2) is 18.2 Å². The molecule has 0 spiro atoms. The van der Waals surface area contributed by atoms with E-state index in [1.807, 2.05) is 0 Å². The van der Waals surface area contributed by atoms with Gasteiger partial charge in [-0.25, -0.2) is 0 Å². The molecule has 7 heteroatoms. The highest BCUT2D eigenvalue weighted by atomic mass is 19.4. The molecule has 4 nitrogen and oxygen atoms in total. The van der Waals surface area contributed by atoms with E-state index in [-0.39, 0.29) is 11.3 Å². The lowest BCUT2D eigenvalue weighted by molar-refractivity contribution is -0.210. The number of hydrogen-bond acceptors (Lipinski definition) is 4. The number of phenols is 2. The number of phenolic OH excluding ortho intramolecular Hbond substituents is 2. The SMILES string of the molecule is N[C@@H](c1ccc(O)cc1O)[C@H](O)C(F)(F)F. The highest BCUT2D eigenvalue weighted by Gasteiger charge is 2.43. The fourth-order valence-corrected chi connectivity index (χ4v) is 1.19. The van der Waals surface area contributed by atoms with E-state index in [1.165, 1.54) is 0 Å². The van der Waals surface area contributed by atoms with E-state index in [1.54, 1.807) is 0 Å². The summed E-state index contributed by atoms with van der Waals surface area (Å²) in [5.41, 5.74) is 4.87. The number of aromatic hydroxyl groups is 2. The van der Waals surface area contributed by atoms with Crippen LogP contribution in [0.3, 0.4) is 0 Å². The molecule has 2 atom stereocenters. The predicted octanol–water partition coefficient (Wildman–Crippen LogP) is 1.02. The molecule has 0 radical (unpaired) electrons. The van der Waals surface area contributed by atoms with Gasteiger partial charge >= 0.3 is 6.18 Å². The summed E-state index contributed by atoms with van der Waals surface area (Å²) in [7, 11) is 0. The Labute approximate surface area is 88.7 Å². The molecule has 1 aromatic rings. The number of aliphatic hydroxyl groups is 1. The highest BCUT2D eigenvalue weighted by molar-refractivity contribution is 5.41. The van der Waals surface area contributed by atoms with Crippen molar-refractivity contribution >= 4 is 0 Å². The second-order valence-electron chi connectivity index (χ2n) is 3.26. The molecule has 1 rings (SSSR count). The molecule has 0 aliphatic carbocycles. The van der Waals surface area contributed by atoms with Gasteiger partial charge in [0.1, 0.15) is 11.5 Å². The molecule has 0 heterocycles. The average Bonchev–Trinajstić information content (AvgIpc) is 2.14. The Morgan fingerprint density at radius 1 is 1.19 bits per heavy atom. The molecular weight excluding hydrogens is 227 g/mol. The van der Waals surface area contributed by atoms with Crippen LogP contribution in [0.1, 0.15) is 11.6 Å². The second-order valence-corrected chi connectivity index (χ2v) is 3.26. The molecule has 0 aliphatic rings. The first-order chi connectivity index (χ1) is 7.23. The summed E-state index contributed by atoms with van der Waals surface area (Å²) >= 11 is 0. The maximum absolute atomic E-state index is 12.1. The maximum Gasteiger partial charge on any atom is 0.416 e. The van der Waals surface area contributed by atoms with Crippen molar-refractivity contribution in [2.45, 2.75) is 18.3 Å². The standard InChI is InChI=1S/C9H10F3NO3/c10-9(11,12)8(16)7(13)5-2-1-4(14)3-6(5)15/h1-3,7-8,14-16H,13H2/t7-,8-/m0/s1. The number of aliphatic hydroxyl groups excluding tert-OH is 1. The Balaban J connectivity index is 3.01. The maximum atomic E-state index is 12.1. The van der Waals surface area contributed by atoms with Gasteiger partial charge in [0, 0.05) is 11.6 Å². The summed E-state index contributed by atoms with van der Waals surface area (Å²) in [4.78, 5) is 0. The van der Waals surface area contributed by atoms with Crippen molar-refractivity contribution in [1.29, 1.82) is 0 Å². The van der Waals surface area contributed by atoms with Gasteiger partial charge in [0.15, 0.2) is 6.10 Å². The van der Waals surface area contributed by atoms with Crippen LogP contribution in [0, 0.1) is 0 Å². The normalized spacial score (nSPS) is 15.8. The van der Waals surface area contributed by atoms with E-state index >= 15 is 0 Å². The average molecular weight is 237 g/mol. The summed E-state index contributed by atoms with van der Waals surface area (Å²) in [5.74, 6) is -0.911. The van der Waals surface area contributed by atoms with Gasteiger partial charge < -0.3 is 21.1 Å². The van der Waals surface area contributed by atoms with Crippen molar-refractivity contribution in [2.24, 2.45) is 5.73 Å². The quantitative estimate of drug-likeness (QED) is 0.618. The Morgan fingerprint density at radius 3 is 2.19 bits per heavy atom. The number of benzene rings is 1. The van der Waals surface area contributed by atoms with E-state index in [0.717, 1.165) is 18.2 Å². The van der Waals surface area contributed by atoms with Gasteiger partial charge in [0.05, 0.1) is 6.04 Å². The van der Waals surface area contributed by atoms with Crippen LogP contribution in [0.2, 0.25) is 0 Å². The van der Waals surface area contributed by atoms with Crippen molar-refractivity contribution in [2.75, 3.05) is 0 Å². The fraction of sp³-hybridized carbons (Fsp3) is 0.333. The van der Waals surface area contributed by atoms with Crippen molar-refractivity contribution < 1.29 is 28.5 Å². The van der Waals surface area contributed by atoms with E-state index in [2.05, 4.69) is 0 Å². The number of nitrogens with two attached hydrogens (primary N) is 1. The highest BCUT2D eigenvalue weighted by Crippen LogP contribution is 2.33. The molecule has 0 fully saturated rings. The first-order valence-corrected chi connectivity index (χ1v) is 4.25. The Morgan fingerprint density at radius 2 is 1.75 bits per heavy atom. The van der Waals surface area contributed by atoms with Gasteiger partial charge in [-0.3, -0.25) is 0 Å². The smallest absolute Gasteiger partial charge is 0.416 e. The van der Waals surface area contributed by atoms with Gasteiger partial charge in [-0.2, -0.15) is 13.2 Å². The molecule has 0 saturated carbocycles. The van der Waals surface area contributed by atoms with Crippen LogP contribution in [0.25, 0.3) is 0 Å². The van der Waals surface area contributed by atoms with Crippen LogP contribution in [-0.2, 0) is 0 Å². The molecule has 0 aromatic heterocycles. The summed E-state index contributed by atoms with van der Waals surface area (Å²) in [6, 6.07) is 1.13. The zero-order valence-electron chi connectivity index (χ0n) is 7.94. The molecular formula is C9H10F3NO3. The Kier molecular flexibility index (Phi) is 3.30. The monoisotopic (exact) mass is 237 g/mol. The fourth-order valence-electron chi connectivity index (χ4n) is 1.19. The number of rotatable bonds is 2. The van der Waals surface area contributed by atoms with Gasteiger partial charge in [-0.1, -0.05) is 0 Å². The predicted molar refractivity (Wildman–Crippen MR) is 48.8 cm³/mol. The third kappa shape index (κ3) is 2.56. The minimum Gasteiger partial charge on any atom is -0.508 e. The van der Waals surface area contributed by atoms with Crippen molar-refractivity contribution in [3.05, 3.63) is 23.8 Å².